The quantitative estimate of drug-likeness (QED) is 0.519. The first-order chi connectivity index (χ1) is 12.7. The van der Waals surface area contributed by atoms with Gasteiger partial charge in [0.05, 0.1) is 27.8 Å². The van der Waals surface area contributed by atoms with Crippen molar-refractivity contribution in [3.8, 4) is 11.8 Å². The topological polar surface area (TPSA) is 57.4 Å². The van der Waals surface area contributed by atoms with Crippen molar-refractivity contribution in [2.24, 2.45) is 0 Å². The third kappa shape index (κ3) is 1.56. The van der Waals surface area contributed by atoms with E-state index in [0.717, 1.165) is 39.9 Å². The van der Waals surface area contributed by atoms with Gasteiger partial charge in [0.1, 0.15) is 0 Å². The molecule has 0 radical (unpaired) electrons. The van der Waals surface area contributed by atoms with Crippen molar-refractivity contribution in [2.75, 3.05) is 5.32 Å². The molecule has 0 saturated heterocycles. The van der Waals surface area contributed by atoms with Crippen molar-refractivity contribution in [1.82, 2.24) is 3.59 Å². The Labute approximate surface area is 158 Å². The second kappa shape index (κ2) is 4.74. The van der Waals surface area contributed by atoms with E-state index >= 15 is 0 Å². The fourth-order valence-corrected chi connectivity index (χ4v) is 5.33. The SMILES string of the molecule is Oc1c2c(c(O)n1Br)C1c3ccccc3NC1C1=C2c2ccccc2C1. The minimum Gasteiger partial charge on any atom is -0.494 e. The third-order valence-corrected chi connectivity index (χ3v) is 6.64. The standard InChI is InChI=1S/C21H15BrN2O2/c22-24-20(25)17-15-11-6-2-1-5-10(11)9-13(15)19-16(18(17)21(24)26)12-7-3-4-8-14(12)23-19/h1-8,16,19,23,25-26H,9H2. The maximum atomic E-state index is 10.8. The Hall–Kier alpha value is -2.66. The number of nitrogens with one attached hydrogen (secondary N) is 1. The lowest BCUT2D eigenvalue weighted by Gasteiger charge is -2.29. The number of nitrogens with zero attached hydrogens (tertiary/aromatic N) is 1. The number of hydrogen-bond donors (Lipinski definition) is 3. The molecular formula is C21H15BrN2O2. The molecule has 128 valence electrons. The summed E-state index contributed by atoms with van der Waals surface area (Å²) in [6, 6.07) is 16.7. The van der Waals surface area contributed by atoms with Crippen LogP contribution in [-0.4, -0.2) is 19.8 Å². The van der Waals surface area contributed by atoms with Gasteiger partial charge in [0.2, 0.25) is 11.8 Å². The first kappa shape index (κ1) is 14.5. The van der Waals surface area contributed by atoms with Crippen LogP contribution in [0.15, 0.2) is 54.1 Å². The van der Waals surface area contributed by atoms with Gasteiger partial charge in [-0.05, 0) is 40.3 Å². The van der Waals surface area contributed by atoms with Crippen LogP contribution in [0, 0.1) is 0 Å². The van der Waals surface area contributed by atoms with Gasteiger partial charge in [-0.1, -0.05) is 42.5 Å². The molecule has 26 heavy (non-hydrogen) atoms. The summed E-state index contributed by atoms with van der Waals surface area (Å²) < 4.78 is 1.31. The molecule has 1 aliphatic heterocycles. The van der Waals surface area contributed by atoms with Crippen LogP contribution in [0.1, 0.15) is 33.7 Å². The summed E-state index contributed by atoms with van der Waals surface area (Å²) in [4.78, 5) is 0. The van der Waals surface area contributed by atoms with Crippen LogP contribution < -0.4 is 5.32 Å². The predicted molar refractivity (Wildman–Crippen MR) is 104 cm³/mol. The molecule has 4 nitrogen and oxygen atoms in total. The number of benzene rings is 2. The Morgan fingerprint density at radius 1 is 1.00 bits per heavy atom. The fourth-order valence-electron chi connectivity index (χ4n) is 4.96. The molecule has 2 aliphatic carbocycles. The molecule has 2 aromatic carbocycles. The van der Waals surface area contributed by atoms with Gasteiger partial charge in [-0.15, -0.1) is 0 Å². The molecule has 0 fully saturated rings. The summed E-state index contributed by atoms with van der Waals surface area (Å²) in [5.41, 5.74) is 8.55. The van der Waals surface area contributed by atoms with Crippen LogP contribution in [0.2, 0.25) is 0 Å². The smallest absolute Gasteiger partial charge is 0.212 e. The third-order valence-electron chi connectivity index (χ3n) is 5.97. The molecule has 0 amide bonds. The molecule has 0 bridgehead atoms. The molecule has 2 atom stereocenters. The van der Waals surface area contributed by atoms with E-state index in [1.807, 2.05) is 18.2 Å². The predicted octanol–water partition coefficient (Wildman–Crippen LogP) is 4.35. The van der Waals surface area contributed by atoms with Crippen LogP contribution >= 0.6 is 16.1 Å². The van der Waals surface area contributed by atoms with Crippen LogP contribution in [0.4, 0.5) is 5.69 Å². The number of rotatable bonds is 0. The second-order valence-electron chi connectivity index (χ2n) is 7.14. The average molecular weight is 407 g/mol. The van der Waals surface area contributed by atoms with E-state index < -0.39 is 0 Å². The Morgan fingerprint density at radius 2 is 1.77 bits per heavy atom. The Bertz CT molecular complexity index is 1140. The second-order valence-corrected chi connectivity index (χ2v) is 7.85. The normalized spacial score (nSPS) is 21.6. The van der Waals surface area contributed by atoms with E-state index in [2.05, 4.69) is 51.8 Å². The van der Waals surface area contributed by atoms with Gasteiger partial charge in [0, 0.05) is 17.2 Å². The summed E-state index contributed by atoms with van der Waals surface area (Å²) in [7, 11) is 0. The van der Waals surface area contributed by atoms with Crippen LogP contribution in [0.5, 0.6) is 11.8 Å². The summed E-state index contributed by atoms with van der Waals surface area (Å²) in [5.74, 6) is 0.116. The van der Waals surface area contributed by atoms with Gasteiger partial charge in [0.25, 0.3) is 0 Å². The highest BCUT2D eigenvalue weighted by molar-refractivity contribution is 9.08. The molecule has 5 heteroatoms. The molecule has 0 spiro atoms. The molecule has 6 rings (SSSR count). The minimum atomic E-state index is -0.0148. The zero-order valence-electron chi connectivity index (χ0n) is 13.7. The van der Waals surface area contributed by atoms with Crippen molar-refractivity contribution >= 4 is 27.4 Å². The Morgan fingerprint density at radius 3 is 2.65 bits per heavy atom. The number of halogens is 1. The highest BCUT2D eigenvalue weighted by atomic mass is 79.9. The monoisotopic (exact) mass is 406 g/mol. The number of para-hydroxylation sites is 1. The van der Waals surface area contributed by atoms with Gasteiger partial charge in [-0.3, -0.25) is 0 Å². The van der Waals surface area contributed by atoms with Gasteiger partial charge in [-0.25, -0.2) is 3.59 Å². The molecule has 3 N–H and O–H groups in total. The first-order valence-corrected chi connectivity index (χ1v) is 9.37. The zero-order valence-corrected chi connectivity index (χ0v) is 15.3. The Balaban J connectivity index is 1.72. The largest absolute Gasteiger partial charge is 0.494 e. The van der Waals surface area contributed by atoms with E-state index in [-0.39, 0.29) is 23.7 Å². The van der Waals surface area contributed by atoms with Crippen molar-refractivity contribution < 1.29 is 10.2 Å². The number of aromatic nitrogens is 1. The van der Waals surface area contributed by atoms with E-state index in [0.29, 0.717) is 0 Å². The number of fused-ring (bicyclic) bond motifs is 9. The molecular weight excluding hydrogens is 392 g/mol. The van der Waals surface area contributed by atoms with Gasteiger partial charge < -0.3 is 15.5 Å². The van der Waals surface area contributed by atoms with E-state index in [9.17, 15) is 10.2 Å². The van der Waals surface area contributed by atoms with Crippen molar-refractivity contribution in [1.29, 1.82) is 0 Å². The molecule has 2 heterocycles. The number of aromatic hydroxyl groups is 2. The highest BCUT2D eigenvalue weighted by Crippen LogP contribution is 2.59. The molecule has 0 saturated carbocycles. The van der Waals surface area contributed by atoms with E-state index in [1.165, 1.54) is 14.7 Å². The van der Waals surface area contributed by atoms with E-state index in [4.69, 9.17) is 0 Å². The van der Waals surface area contributed by atoms with Crippen LogP contribution in [-0.2, 0) is 6.42 Å². The van der Waals surface area contributed by atoms with Crippen molar-refractivity contribution in [3.63, 3.8) is 0 Å². The molecule has 1 aromatic heterocycles. The summed E-state index contributed by atoms with van der Waals surface area (Å²) in [5, 5.41) is 25.3. The molecule has 3 aliphatic rings. The lowest BCUT2D eigenvalue weighted by molar-refractivity contribution is 0.415. The molecule has 3 aromatic rings. The van der Waals surface area contributed by atoms with Crippen molar-refractivity contribution in [3.05, 3.63) is 81.9 Å². The van der Waals surface area contributed by atoms with Crippen LogP contribution in [0.25, 0.3) is 5.57 Å². The van der Waals surface area contributed by atoms with Crippen molar-refractivity contribution in [2.45, 2.75) is 18.4 Å². The fraction of sp³-hybridized carbons (Fsp3) is 0.143. The zero-order chi connectivity index (χ0) is 17.6. The Kier molecular flexibility index (Phi) is 2.64. The summed E-state index contributed by atoms with van der Waals surface area (Å²) in [6.45, 7) is 0. The van der Waals surface area contributed by atoms with Gasteiger partial charge in [0.15, 0.2) is 0 Å². The van der Waals surface area contributed by atoms with E-state index in [1.54, 1.807) is 0 Å². The van der Waals surface area contributed by atoms with Gasteiger partial charge in [-0.2, -0.15) is 0 Å². The summed E-state index contributed by atoms with van der Waals surface area (Å²) in [6.07, 6.45) is 0.862. The highest BCUT2D eigenvalue weighted by Gasteiger charge is 2.48. The van der Waals surface area contributed by atoms with Gasteiger partial charge >= 0.3 is 0 Å². The number of hydrogen-bond acceptors (Lipinski definition) is 3. The minimum absolute atomic E-state index is 0.0148. The molecule has 2 unspecified atom stereocenters. The number of anilines is 1. The van der Waals surface area contributed by atoms with Crippen LogP contribution in [0.3, 0.4) is 0 Å². The summed E-state index contributed by atoms with van der Waals surface area (Å²) >= 11 is 3.31. The maximum absolute atomic E-state index is 10.8. The first-order valence-electron chi connectivity index (χ1n) is 8.66. The maximum Gasteiger partial charge on any atom is 0.212 e. The lowest BCUT2D eigenvalue weighted by Crippen LogP contribution is -2.28. The average Bonchev–Trinajstić information content (AvgIpc) is 3.29. The lowest BCUT2D eigenvalue weighted by atomic mass is 9.75.